The van der Waals surface area contributed by atoms with E-state index < -0.39 is 6.04 Å². The number of nitrogens with zero attached hydrogens (tertiary/aromatic N) is 1. The predicted octanol–water partition coefficient (Wildman–Crippen LogP) is 3.56. The van der Waals surface area contributed by atoms with Gasteiger partial charge < -0.3 is 10.3 Å². The van der Waals surface area contributed by atoms with Gasteiger partial charge in [0.25, 0.3) is 5.91 Å². The number of benzene rings is 2. The van der Waals surface area contributed by atoms with E-state index in [9.17, 15) is 14.0 Å². The molecule has 1 fully saturated rings. The number of aromatic nitrogens is 1. The number of H-pyrrole nitrogens is 1. The first kappa shape index (κ1) is 17.6. The van der Waals surface area contributed by atoms with Crippen LogP contribution in [0.1, 0.15) is 5.56 Å². The summed E-state index contributed by atoms with van der Waals surface area (Å²) in [5.41, 5.74) is 1.99. The second-order valence-corrected chi connectivity index (χ2v) is 7.47. The summed E-state index contributed by atoms with van der Waals surface area (Å²) in [4.78, 5) is 29.7. The number of aromatic amines is 1. The summed E-state index contributed by atoms with van der Waals surface area (Å²) < 4.78 is 13.7. The van der Waals surface area contributed by atoms with E-state index in [1.807, 2.05) is 30.5 Å². The number of thioether (sulfide) groups is 1. The Bertz CT molecular complexity index is 1000. The Morgan fingerprint density at radius 1 is 1.07 bits per heavy atom. The van der Waals surface area contributed by atoms with Gasteiger partial charge in [-0.15, -0.1) is 11.8 Å². The maximum absolute atomic E-state index is 13.7. The number of amides is 3. The average molecular weight is 383 g/mol. The Morgan fingerprint density at radius 2 is 1.85 bits per heavy atom. The third kappa shape index (κ3) is 3.55. The number of carbonyl (C=O) groups excluding carboxylic acids is 2. The van der Waals surface area contributed by atoms with Crippen molar-refractivity contribution in [2.45, 2.75) is 17.4 Å². The monoisotopic (exact) mass is 383 g/mol. The maximum Gasteiger partial charge on any atom is 0.324 e. The van der Waals surface area contributed by atoms with Crippen LogP contribution in [0.3, 0.4) is 0 Å². The summed E-state index contributed by atoms with van der Waals surface area (Å²) in [6.45, 7) is 0.244. The van der Waals surface area contributed by atoms with Gasteiger partial charge in [0.1, 0.15) is 11.9 Å². The number of hydrogen-bond donors (Lipinski definition) is 2. The first-order valence-electron chi connectivity index (χ1n) is 8.67. The van der Waals surface area contributed by atoms with Crippen LogP contribution in [-0.2, 0) is 11.2 Å². The van der Waals surface area contributed by atoms with E-state index in [1.165, 1.54) is 22.7 Å². The molecule has 0 radical (unpaired) electrons. The molecule has 0 saturated carbocycles. The van der Waals surface area contributed by atoms with Crippen molar-refractivity contribution in [2.75, 3.05) is 12.3 Å². The number of imide groups is 1. The molecule has 3 aromatic rings. The van der Waals surface area contributed by atoms with E-state index in [0.29, 0.717) is 17.1 Å². The number of urea groups is 1. The Balaban J connectivity index is 1.39. The Hall–Kier alpha value is -2.80. The highest BCUT2D eigenvalue weighted by molar-refractivity contribution is 7.99. The standard InChI is InChI=1S/C20H18FN3O2S/c21-15-6-2-4-8-18(15)27-10-9-24-19(25)17(23-20(24)26)11-13-12-22-16-7-3-1-5-14(13)16/h1-8,12,17,22H,9-11H2,(H,23,26)/t17-/m0/s1. The molecule has 7 heteroatoms. The van der Waals surface area contributed by atoms with Crippen LogP contribution in [0.5, 0.6) is 0 Å². The zero-order valence-corrected chi connectivity index (χ0v) is 15.3. The Morgan fingerprint density at radius 3 is 2.70 bits per heavy atom. The number of para-hydroxylation sites is 1. The van der Waals surface area contributed by atoms with Crippen LogP contribution in [0.25, 0.3) is 10.9 Å². The van der Waals surface area contributed by atoms with Gasteiger partial charge in [0.05, 0.1) is 0 Å². The van der Waals surface area contributed by atoms with Gasteiger partial charge in [0.15, 0.2) is 0 Å². The molecule has 2 aromatic carbocycles. The van der Waals surface area contributed by atoms with E-state index >= 15 is 0 Å². The topological polar surface area (TPSA) is 65.2 Å². The van der Waals surface area contributed by atoms with Crippen LogP contribution in [0, 0.1) is 5.82 Å². The van der Waals surface area contributed by atoms with E-state index in [1.54, 1.807) is 18.2 Å². The fourth-order valence-electron chi connectivity index (χ4n) is 3.26. The third-order valence-electron chi connectivity index (χ3n) is 4.62. The largest absolute Gasteiger partial charge is 0.361 e. The molecule has 1 aliphatic rings. The van der Waals surface area contributed by atoms with Crippen molar-refractivity contribution in [2.24, 2.45) is 0 Å². The van der Waals surface area contributed by atoms with Gasteiger partial charge in [-0.25, -0.2) is 9.18 Å². The van der Waals surface area contributed by atoms with Crippen LogP contribution in [0.4, 0.5) is 9.18 Å². The third-order valence-corrected chi connectivity index (χ3v) is 5.64. The molecule has 2 heterocycles. The number of fused-ring (bicyclic) bond motifs is 1. The molecule has 1 atom stereocenters. The zero-order chi connectivity index (χ0) is 18.8. The van der Waals surface area contributed by atoms with Crippen LogP contribution in [0.15, 0.2) is 59.6 Å². The molecule has 0 aliphatic carbocycles. The van der Waals surface area contributed by atoms with Gasteiger partial charge in [-0.05, 0) is 23.8 Å². The molecule has 0 spiro atoms. The van der Waals surface area contributed by atoms with Crippen LogP contribution in [0.2, 0.25) is 0 Å². The fourth-order valence-corrected chi connectivity index (χ4v) is 4.13. The molecule has 5 nitrogen and oxygen atoms in total. The summed E-state index contributed by atoms with van der Waals surface area (Å²) in [5, 5.41) is 3.81. The van der Waals surface area contributed by atoms with Gasteiger partial charge >= 0.3 is 6.03 Å². The maximum atomic E-state index is 13.7. The molecule has 4 rings (SSSR count). The van der Waals surface area contributed by atoms with Crippen molar-refractivity contribution in [3.05, 3.63) is 66.1 Å². The molecule has 3 amide bonds. The van der Waals surface area contributed by atoms with E-state index in [0.717, 1.165) is 16.5 Å². The fraction of sp³-hybridized carbons (Fsp3) is 0.200. The van der Waals surface area contributed by atoms with Gasteiger partial charge in [-0.1, -0.05) is 30.3 Å². The van der Waals surface area contributed by atoms with Crippen molar-refractivity contribution in [3.63, 3.8) is 0 Å². The van der Waals surface area contributed by atoms with Gasteiger partial charge in [-0.2, -0.15) is 0 Å². The number of rotatable bonds is 6. The lowest BCUT2D eigenvalue weighted by molar-refractivity contribution is -0.127. The Kier molecular flexibility index (Phi) is 4.85. The number of hydrogen-bond acceptors (Lipinski definition) is 3. The SMILES string of the molecule is O=C1N[C@@H](Cc2c[nH]c3ccccc23)C(=O)N1CCSc1ccccc1F. The molecular weight excluding hydrogens is 365 g/mol. The van der Waals surface area contributed by atoms with Crippen LogP contribution >= 0.6 is 11.8 Å². The molecular formula is C20H18FN3O2S. The summed E-state index contributed by atoms with van der Waals surface area (Å²) in [5.74, 6) is -0.0868. The predicted molar refractivity (Wildman–Crippen MR) is 103 cm³/mol. The number of nitrogens with one attached hydrogen (secondary N) is 2. The zero-order valence-electron chi connectivity index (χ0n) is 14.4. The smallest absolute Gasteiger partial charge is 0.324 e. The number of halogens is 1. The average Bonchev–Trinajstić information content (AvgIpc) is 3.19. The highest BCUT2D eigenvalue weighted by Crippen LogP contribution is 2.23. The van der Waals surface area contributed by atoms with Crippen molar-refractivity contribution < 1.29 is 14.0 Å². The molecule has 1 aliphatic heterocycles. The summed E-state index contributed by atoms with van der Waals surface area (Å²) in [6, 6.07) is 13.4. The highest BCUT2D eigenvalue weighted by Gasteiger charge is 2.37. The molecule has 0 unspecified atom stereocenters. The minimum atomic E-state index is -0.574. The normalized spacial score (nSPS) is 16.9. The molecule has 2 N–H and O–H groups in total. The van der Waals surface area contributed by atoms with E-state index in [4.69, 9.17) is 0 Å². The summed E-state index contributed by atoms with van der Waals surface area (Å²) >= 11 is 1.29. The molecule has 1 saturated heterocycles. The van der Waals surface area contributed by atoms with Gasteiger partial charge in [0, 0.05) is 40.7 Å². The molecule has 0 bridgehead atoms. The lowest BCUT2D eigenvalue weighted by Crippen LogP contribution is -2.34. The molecule has 1 aromatic heterocycles. The van der Waals surface area contributed by atoms with E-state index in [2.05, 4.69) is 10.3 Å². The first-order chi connectivity index (χ1) is 13.1. The van der Waals surface area contributed by atoms with Gasteiger partial charge in [0.2, 0.25) is 0 Å². The summed E-state index contributed by atoms with van der Waals surface area (Å²) in [7, 11) is 0. The molecule has 138 valence electrons. The first-order valence-corrected chi connectivity index (χ1v) is 9.66. The van der Waals surface area contributed by atoms with Crippen molar-refractivity contribution >= 4 is 34.6 Å². The Labute approximate surface area is 159 Å². The van der Waals surface area contributed by atoms with Crippen molar-refractivity contribution in [3.8, 4) is 0 Å². The van der Waals surface area contributed by atoms with Crippen LogP contribution in [-0.4, -0.2) is 40.2 Å². The van der Waals surface area contributed by atoms with Crippen LogP contribution < -0.4 is 5.32 Å². The molecule has 27 heavy (non-hydrogen) atoms. The number of carbonyl (C=O) groups is 2. The minimum Gasteiger partial charge on any atom is -0.361 e. The quantitative estimate of drug-likeness (QED) is 0.505. The van der Waals surface area contributed by atoms with Crippen molar-refractivity contribution in [1.82, 2.24) is 15.2 Å². The summed E-state index contributed by atoms with van der Waals surface area (Å²) in [6.07, 6.45) is 2.31. The van der Waals surface area contributed by atoms with Gasteiger partial charge in [-0.3, -0.25) is 9.69 Å². The van der Waals surface area contributed by atoms with Crippen molar-refractivity contribution in [1.29, 1.82) is 0 Å². The lowest BCUT2D eigenvalue weighted by atomic mass is 10.1. The second kappa shape index (κ2) is 7.44. The van der Waals surface area contributed by atoms with E-state index in [-0.39, 0.29) is 24.3 Å². The lowest BCUT2D eigenvalue weighted by Gasteiger charge is -2.13. The second-order valence-electron chi connectivity index (χ2n) is 6.33. The highest BCUT2D eigenvalue weighted by atomic mass is 32.2. The minimum absolute atomic E-state index is 0.237.